The SMILES string of the molecule is CCSCC1(C(=O)O)CC(=O)C1. The number of ketones is 1. The van der Waals surface area contributed by atoms with Crippen LogP contribution >= 0.6 is 11.8 Å². The molecule has 0 radical (unpaired) electrons. The molecule has 0 spiro atoms. The van der Waals surface area contributed by atoms with Crippen LogP contribution in [0.2, 0.25) is 0 Å². The summed E-state index contributed by atoms with van der Waals surface area (Å²) in [5.41, 5.74) is -0.724. The van der Waals surface area contributed by atoms with Crippen molar-refractivity contribution in [3.8, 4) is 0 Å². The van der Waals surface area contributed by atoms with E-state index in [0.717, 1.165) is 5.75 Å². The largest absolute Gasteiger partial charge is 0.481 e. The molecule has 1 aliphatic carbocycles. The molecule has 1 fully saturated rings. The minimum absolute atomic E-state index is 0.0779. The van der Waals surface area contributed by atoms with Gasteiger partial charge in [0.2, 0.25) is 0 Å². The molecule has 0 saturated heterocycles. The van der Waals surface area contributed by atoms with E-state index in [2.05, 4.69) is 0 Å². The van der Waals surface area contributed by atoms with E-state index in [9.17, 15) is 9.59 Å². The fraction of sp³-hybridized carbons (Fsp3) is 0.750. The maximum absolute atomic E-state index is 10.8. The first-order valence-corrected chi connectivity index (χ1v) is 5.09. The predicted molar refractivity (Wildman–Crippen MR) is 47.3 cm³/mol. The van der Waals surface area contributed by atoms with Gasteiger partial charge in [0.15, 0.2) is 0 Å². The number of carboxylic acid groups (broad SMARTS) is 1. The highest BCUT2D eigenvalue weighted by molar-refractivity contribution is 7.99. The van der Waals surface area contributed by atoms with E-state index in [1.807, 2.05) is 6.92 Å². The Bertz CT molecular complexity index is 204. The number of Topliss-reactive ketones (excluding diaryl/α,β-unsaturated/α-hetero) is 1. The molecule has 1 N–H and O–H groups in total. The van der Waals surface area contributed by atoms with E-state index in [1.54, 1.807) is 11.8 Å². The maximum atomic E-state index is 10.8. The smallest absolute Gasteiger partial charge is 0.311 e. The summed E-state index contributed by atoms with van der Waals surface area (Å²) in [7, 11) is 0. The highest BCUT2D eigenvalue weighted by Gasteiger charge is 2.49. The first kappa shape index (κ1) is 9.58. The lowest BCUT2D eigenvalue weighted by Gasteiger charge is -2.35. The second-order valence-corrected chi connectivity index (χ2v) is 4.39. The van der Waals surface area contributed by atoms with E-state index in [0.29, 0.717) is 5.75 Å². The normalized spacial score (nSPS) is 20.2. The number of hydrogen-bond donors (Lipinski definition) is 1. The van der Waals surface area contributed by atoms with Gasteiger partial charge in [-0.15, -0.1) is 0 Å². The van der Waals surface area contributed by atoms with Crippen LogP contribution in [0.1, 0.15) is 19.8 Å². The van der Waals surface area contributed by atoms with E-state index in [4.69, 9.17) is 5.11 Å². The number of carbonyl (C=O) groups is 2. The van der Waals surface area contributed by atoms with Crippen molar-refractivity contribution >= 4 is 23.5 Å². The average molecular weight is 188 g/mol. The first-order valence-electron chi connectivity index (χ1n) is 3.93. The number of carboxylic acids is 1. The number of carbonyl (C=O) groups excluding carboxylic acids is 1. The molecular formula is C8H12O3S. The van der Waals surface area contributed by atoms with Gasteiger partial charge in [0.25, 0.3) is 0 Å². The maximum Gasteiger partial charge on any atom is 0.311 e. The molecule has 1 aliphatic rings. The highest BCUT2D eigenvalue weighted by Crippen LogP contribution is 2.41. The van der Waals surface area contributed by atoms with Crippen LogP contribution in [0.15, 0.2) is 0 Å². The van der Waals surface area contributed by atoms with Crippen LogP contribution in [0, 0.1) is 5.41 Å². The summed E-state index contributed by atoms with van der Waals surface area (Å²) in [6.07, 6.45) is 0.463. The Balaban J connectivity index is 2.51. The molecule has 0 atom stereocenters. The van der Waals surface area contributed by atoms with Crippen LogP contribution in [0.5, 0.6) is 0 Å². The van der Waals surface area contributed by atoms with Crippen LogP contribution in [0.4, 0.5) is 0 Å². The monoisotopic (exact) mass is 188 g/mol. The van der Waals surface area contributed by atoms with Crippen LogP contribution in [-0.2, 0) is 9.59 Å². The van der Waals surface area contributed by atoms with Gasteiger partial charge >= 0.3 is 5.97 Å². The zero-order valence-corrected chi connectivity index (χ0v) is 7.82. The van der Waals surface area contributed by atoms with E-state index in [-0.39, 0.29) is 18.6 Å². The van der Waals surface area contributed by atoms with Crippen molar-refractivity contribution in [2.45, 2.75) is 19.8 Å². The molecule has 12 heavy (non-hydrogen) atoms. The van der Waals surface area contributed by atoms with Gasteiger partial charge in [-0.2, -0.15) is 11.8 Å². The summed E-state index contributed by atoms with van der Waals surface area (Å²) in [5, 5.41) is 8.86. The van der Waals surface area contributed by atoms with E-state index < -0.39 is 11.4 Å². The summed E-state index contributed by atoms with van der Waals surface area (Å²) in [6, 6.07) is 0. The number of thioether (sulfide) groups is 1. The van der Waals surface area contributed by atoms with Gasteiger partial charge in [0, 0.05) is 18.6 Å². The lowest BCUT2D eigenvalue weighted by atomic mass is 9.69. The topological polar surface area (TPSA) is 54.4 Å². The Hall–Kier alpha value is -0.510. The summed E-state index contributed by atoms with van der Waals surface area (Å²) < 4.78 is 0. The second-order valence-electron chi connectivity index (χ2n) is 3.11. The van der Waals surface area contributed by atoms with Crippen molar-refractivity contribution in [1.29, 1.82) is 0 Å². The van der Waals surface area contributed by atoms with E-state index >= 15 is 0 Å². The molecule has 0 aromatic carbocycles. The second kappa shape index (κ2) is 3.47. The molecule has 0 heterocycles. The standard InChI is InChI=1S/C8H12O3S/c1-2-12-5-8(7(10)11)3-6(9)4-8/h2-5H2,1H3,(H,10,11). The van der Waals surface area contributed by atoms with Gasteiger partial charge < -0.3 is 5.11 Å². The molecule has 3 nitrogen and oxygen atoms in total. The molecule has 0 amide bonds. The molecule has 0 bridgehead atoms. The minimum atomic E-state index is -0.817. The fourth-order valence-corrected chi connectivity index (χ4v) is 2.24. The van der Waals surface area contributed by atoms with Crippen molar-refractivity contribution < 1.29 is 14.7 Å². The Kier molecular flexibility index (Phi) is 2.77. The quantitative estimate of drug-likeness (QED) is 0.719. The van der Waals surface area contributed by atoms with Gasteiger partial charge in [-0.3, -0.25) is 9.59 Å². The molecule has 0 aromatic heterocycles. The molecule has 1 saturated carbocycles. The zero-order chi connectivity index (χ0) is 9.19. The summed E-state index contributed by atoms with van der Waals surface area (Å²) in [4.78, 5) is 21.5. The first-order chi connectivity index (χ1) is 5.60. The Labute approximate surface area is 75.5 Å². The van der Waals surface area contributed by atoms with Crippen LogP contribution in [0.3, 0.4) is 0 Å². The number of aliphatic carboxylic acids is 1. The summed E-state index contributed by atoms with van der Waals surface area (Å²) >= 11 is 1.59. The molecule has 0 unspecified atom stereocenters. The molecular weight excluding hydrogens is 176 g/mol. The van der Waals surface area contributed by atoms with Gasteiger partial charge in [0.1, 0.15) is 5.78 Å². The lowest BCUT2D eigenvalue weighted by Crippen LogP contribution is -2.46. The molecule has 0 aromatic rings. The highest BCUT2D eigenvalue weighted by atomic mass is 32.2. The van der Waals surface area contributed by atoms with Gasteiger partial charge in [-0.1, -0.05) is 6.92 Å². The van der Waals surface area contributed by atoms with Crippen LogP contribution < -0.4 is 0 Å². The van der Waals surface area contributed by atoms with Crippen molar-refractivity contribution in [3.63, 3.8) is 0 Å². The van der Waals surface area contributed by atoms with Crippen molar-refractivity contribution in [2.75, 3.05) is 11.5 Å². The molecule has 0 aliphatic heterocycles. The third-order valence-corrected chi connectivity index (χ3v) is 3.27. The van der Waals surface area contributed by atoms with Crippen LogP contribution in [0.25, 0.3) is 0 Å². The van der Waals surface area contributed by atoms with Crippen molar-refractivity contribution in [3.05, 3.63) is 0 Å². The van der Waals surface area contributed by atoms with Crippen molar-refractivity contribution in [1.82, 2.24) is 0 Å². The summed E-state index contributed by atoms with van der Waals surface area (Å²) in [5.74, 6) is 0.741. The minimum Gasteiger partial charge on any atom is -0.481 e. The third kappa shape index (κ3) is 1.63. The van der Waals surface area contributed by atoms with Gasteiger partial charge in [-0.05, 0) is 5.75 Å². The number of rotatable bonds is 4. The molecule has 68 valence electrons. The van der Waals surface area contributed by atoms with Gasteiger partial charge in [-0.25, -0.2) is 0 Å². The third-order valence-electron chi connectivity index (χ3n) is 2.11. The Morgan fingerprint density at radius 2 is 2.25 bits per heavy atom. The lowest BCUT2D eigenvalue weighted by molar-refractivity contribution is -0.158. The zero-order valence-electron chi connectivity index (χ0n) is 7.00. The van der Waals surface area contributed by atoms with Gasteiger partial charge in [0.05, 0.1) is 5.41 Å². The molecule has 4 heteroatoms. The van der Waals surface area contributed by atoms with Crippen molar-refractivity contribution in [2.24, 2.45) is 5.41 Å². The Morgan fingerprint density at radius 1 is 1.67 bits per heavy atom. The molecule has 1 rings (SSSR count). The average Bonchev–Trinajstić information content (AvgIpc) is 1.95. The Morgan fingerprint density at radius 3 is 2.58 bits per heavy atom. The summed E-state index contributed by atoms with van der Waals surface area (Å²) in [6.45, 7) is 1.99. The fourth-order valence-electron chi connectivity index (χ4n) is 1.32. The van der Waals surface area contributed by atoms with Crippen LogP contribution in [-0.4, -0.2) is 28.4 Å². The van der Waals surface area contributed by atoms with E-state index in [1.165, 1.54) is 0 Å². The number of hydrogen-bond acceptors (Lipinski definition) is 3. The predicted octanol–water partition coefficient (Wildman–Crippen LogP) is 1.17.